The van der Waals surface area contributed by atoms with Crippen LogP contribution >= 0.6 is 27.3 Å². The molecule has 3 nitrogen and oxygen atoms in total. The molecule has 2 aliphatic rings. The molecule has 0 bridgehead atoms. The van der Waals surface area contributed by atoms with Crippen LogP contribution in [0, 0.1) is 0 Å². The standard InChI is InChI=1S/C15H18BrN3S/c16-11-4-5-13-14(9-11)20-15(17-13)19-6-1-3-12(10-19)18-7-2-8-18/h4-5,9,12H,1-3,6-8,10H2/t12-/m0/s1. The number of anilines is 1. The van der Waals surface area contributed by atoms with Crippen LogP contribution in [0.5, 0.6) is 0 Å². The number of likely N-dealkylation sites (tertiary alicyclic amines) is 1. The first kappa shape index (κ1) is 13.0. The molecular weight excluding hydrogens is 334 g/mol. The average molecular weight is 352 g/mol. The third-order valence-electron chi connectivity index (χ3n) is 4.41. The number of rotatable bonds is 2. The van der Waals surface area contributed by atoms with Crippen molar-refractivity contribution in [1.29, 1.82) is 0 Å². The second-order valence-corrected chi connectivity index (χ2v) is 7.66. The summed E-state index contributed by atoms with van der Waals surface area (Å²) in [6.45, 7) is 4.91. The molecule has 0 amide bonds. The van der Waals surface area contributed by atoms with E-state index in [2.05, 4.69) is 43.9 Å². The molecule has 106 valence electrons. The maximum atomic E-state index is 4.82. The van der Waals surface area contributed by atoms with Crippen molar-refractivity contribution in [3.05, 3.63) is 22.7 Å². The van der Waals surface area contributed by atoms with E-state index in [4.69, 9.17) is 4.98 Å². The van der Waals surface area contributed by atoms with E-state index in [1.54, 1.807) is 0 Å². The average Bonchev–Trinajstić information content (AvgIpc) is 2.80. The summed E-state index contributed by atoms with van der Waals surface area (Å²) < 4.78 is 2.41. The minimum atomic E-state index is 0.747. The second-order valence-electron chi connectivity index (χ2n) is 5.74. The van der Waals surface area contributed by atoms with Gasteiger partial charge in [-0.15, -0.1) is 0 Å². The Bertz CT molecular complexity index is 623. The van der Waals surface area contributed by atoms with Crippen molar-refractivity contribution in [2.24, 2.45) is 0 Å². The highest BCUT2D eigenvalue weighted by Crippen LogP contribution is 2.33. The van der Waals surface area contributed by atoms with Crippen LogP contribution in [0.1, 0.15) is 19.3 Å². The van der Waals surface area contributed by atoms with Gasteiger partial charge in [0.05, 0.1) is 10.2 Å². The quantitative estimate of drug-likeness (QED) is 0.821. The number of fused-ring (bicyclic) bond motifs is 1. The Morgan fingerprint density at radius 3 is 2.90 bits per heavy atom. The maximum absolute atomic E-state index is 4.82. The number of hydrogen-bond donors (Lipinski definition) is 0. The third kappa shape index (κ3) is 2.36. The van der Waals surface area contributed by atoms with E-state index in [0.29, 0.717) is 0 Å². The van der Waals surface area contributed by atoms with Gasteiger partial charge in [-0.05, 0) is 50.6 Å². The third-order valence-corrected chi connectivity index (χ3v) is 5.99. The monoisotopic (exact) mass is 351 g/mol. The fourth-order valence-electron chi connectivity index (χ4n) is 3.15. The van der Waals surface area contributed by atoms with E-state index in [1.165, 1.54) is 42.2 Å². The molecule has 5 heteroatoms. The van der Waals surface area contributed by atoms with Gasteiger partial charge < -0.3 is 4.90 Å². The molecule has 3 heterocycles. The Kier molecular flexibility index (Phi) is 3.44. The molecule has 1 aromatic heterocycles. The molecule has 0 radical (unpaired) electrons. The number of nitrogens with zero attached hydrogens (tertiary/aromatic N) is 3. The number of benzene rings is 1. The van der Waals surface area contributed by atoms with Crippen LogP contribution < -0.4 is 4.90 Å². The van der Waals surface area contributed by atoms with E-state index in [9.17, 15) is 0 Å². The summed E-state index contributed by atoms with van der Waals surface area (Å²) in [5, 5.41) is 1.20. The zero-order valence-corrected chi connectivity index (χ0v) is 13.8. The van der Waals surface area contributed by atoms with Crippen LogP contribution in [-0.2, 0) is 0 Å². The second kappa shape index (κ2) is 5.28. The van der Waals surface area contributed by atoms with Gasteiger partial charge in [0, 0.05) is 23.6 Å². The Balaban J connectivity index is 1.58. The molecule has 0 aliphatic carbocycles. The van der Waals surface area contributed by atoms with Crippen molar-refractivity contribution in [3.63, 3.8) is 0 Å². The number of thiazole rings is 1. The van der Waals surface area contributed by atoms with Crippen LogP contribution in [0.3, 0.4) is 0 Å². The first-order valence-electron chi connectivity index (χ1n) is 7.35. The molecule has 20 heavy (non-hydrogen) atoms. The van der Waals surface area contributed by atoms with Gasteiger partial charge in [-0.3, -0.25) is 4.90 Å². The minimum Gasteiger partial charge on any atom is -0.346 e. The molecular formula is C15H18BrN3S. The van der Waals surface area contributed by atoms with Crippen LogP contribution in [0.15, 0.2) is 22.7 Å². The summed E-state index contributed by atoms with van der Waals surface area (Å²) >= 11 is 5.37. The smallest absolute Gasteiger partial charge is 0.186 e. The summed E-state index contributed by atoms with van der Waals surface area (Å²) in [7, 11) is 0. The van der Waals surface area contributed by atoms with E-state index in [1.807, 2.05) is 11.3 Å². The van der Waals surface area contributed by atoms with Crippen LogP contribution in [0.2, 0.25) is 0 Å². The molecule has 0 spiro atoms. The Morgan fingerprint density at radius 1 is 1.20 bits per heavy atom. The fraction of sp³-hybridized carbons (Fsp3) is 0.533. The Morgan fingerprint density at radius 2 is 2.10 bits per heavy atom. The van der Waals surface area contributed by atoms with Crippen LogP contribution in [0.25, 0.3) is 10.2 Å². The van der Waals surface area contributed by atoms with E-state index in [-0.39, 0.29) is 0 Å². The molecule has 1 atom stereocenters. The van der Waals surface area contributed by atoms with Gasteiger partial charge in [0.15, 0.2) is 5.13 Å². The Hall–Kier alpha value is -0.650. The SMILES string of the molecule is Brc1ccc2nc(N3CCC[C@H](N4CCC4)C3)sc2c1. The van der Waals surface area contributed by atoms with E-state index < -0.39 is 0 Å². The van der Waals surface area contributed by atoms with Crippen molar-refractivity contribution in [1.82, 2.24) is 9.88 Å². The highest BCUT2D eigenvalue weighted by Gasteiger charge is 2.29. The van der Waals surface area contributed by atoms with Crippen LogP contribution in [0.4, 0.5) is 5.13 Å². The molecule has 0 unspecified atom stereocenters. The van der Waals surface area contributed by atoms with Crippen molar-refractivity contribution in [2.75, 3.05) is 31.1 Å². The summed E-state index contributed by atoms with van der Waals surface area (Å²) in [5.41, 5.74) is 1.12. The van der Waals surface area contributed by atoms with Gasteiger partial charge in [-0.2, -0.15) is 0 Å². The summed E-state index contributed by atoms with van der Waals surface area (Å²) in [5.74, 6) is 0. The molecule has 2 saturated heterocycles. The predicted octanol–water partition coefficient (Wildman–Crippen LogP) is 3.73. The predicted molar refractivity (Wildman–Crippen MR) is 88.7 cm³/mol. The van der Waals surface area contributed by atoms with Gasteiger partial charge in [0.1, 0.15) is 0 Å². The lowest BCUT2D eigenvalue weighted by Crippen LogP contribution is -2.53. The lowest BCUT2D eigenvalue weighted by Gasteiger charge is -2.43. The molecule has 4 rings (SSSR count). The van der Waals surface area contributed by atoms with Crippen molar-refractivity contribution in [2.45, 2.75) is 25.3 Å². The highest BCUT2D eigenvalue weighted by molar-refractivity contribution is 9.10. The number of aromatic nitrogens is 1. The number of piperidine rings is 1. The van der Waals surface area contributed by atoms with Crippen molar-refractivity contribution >= 4 is 42.6 Å². The number of hydrogen-bond acceptors (Lipinski definition) is 4. The van der Waals surface area contributed by atoms with Gasteiger partial charge in [-0.1, -0.05) is 27.3 Å². The largest absolute Gasteiger partial charge is 0.346 e. The summed E-state index contributed by atoms with van der Waals surface area (Å²) in [6.07, 6.45) is 4.03. The van der Waals surface area contributed by atoms with E-state index in [0.717, 1.165) is 29.1 Å². The molecule has 0 N–H and O–H groups in total. The molecule has 1 aromatic carbocycles. The molecule has 2 aliphatic heterocycles. The van der Waals surface area contributed by atoms with Gasteiger partial charge >= 0.3 is 0 Å². The zero-order valence-electron chi connectivity index (χ0n) is 11.4. The minimum absolute atomic E-state index is 0.747. The van der Waals surface area contributed by atoms with Crippen molar-refractivity contribution < 1.29 is 0 Å². The maximum Gasteiger partial charge on any atom is 0.186 e. The van der Waals surface area contributed by atoms with E-state index >= 15 is 0 Å². The topological polar surface area (TPSA) is 19.4 Å². The van der Waals surface area contributed by atoms with Crippen LogP contribution in [-0.4, -0.2) is 42.1 Å². The first-order valence-corrected chi connectivity index (χ1v) is 8.96. The lowest BCUT2D eigenvalue weighted by atomic mass is 10.0. The zero-order chi connectivity index (χ0) is 13.5. The summed E-state index contributed by atoms with van der Waals surface area (Å²) in [4.78, 5) is 9.95. The summed E-state index contributed by atoms with van der Waals surface area (Å²) in [6, 6.07) is 7.10. The molecule has 0 saturated carbocycles. The lowest BCUT2D eigenvalue weighted by molar-refractivity contribution is 0.106. The normalized spacial score (nSPS) is 24.1. The van der Waals surface area contributed by atoms with Gasteiger partial charge in [0.2, 0.25) is 0 Å². The first-order chi connectivity index (χ1) is 9.79. The number of halogens is 1. The highest BCUT2D eigenvalue weighted by atomic mass is 79.9. The van der Waals surface area contributed by atoms with Gasteiger partial charge in [0.25, 0.3) is 0 Å². The van der Waals surface area contributed by atoms with Crippen molar-refractivity contribution in [3.8, 4) is 0 Å². The Labute approximate surface area is 131 Å². The molecule has 2 aromatic rings. The fourth-order valence-corrected chi connectivity index (χ4v) is 4.71. The van der Waals surface area contributed by atoms with Gasteiger partial charge in [-0.25, -0.2) is 4.98 Å². The molecule has 2 fully saturated rings.